The van der Waals surface area contributed by atoms with Gasteiger partial charge in [0.05, 0.1) is 6.61 Å². The zero-order valence-corrected chi connectivity index (χ0v) is 13.6. The van der Waals surface area contributed by atoms with E-state index in [2.05, 4.69) is 48.2 Å². The van der Waals surface area contributed by atoms with Crippen molar-refractivity contribution in [2.45, 2.75) is 26.8 Å². The molecule has 0 heterocycles. The summed E-state index contributed by atoms with van der Waals surface area (Å²) in [6.45, 7) is 7.43. The van der Waals surface area contributed by atoms with E-state index < -0.39 is 0 Å². The summed E-state index contributed by atoms with van der Waals surface area (Å²) in [5.74, 6) is 0.918. The first-order valence-electron chi connectivity index (χ1n) is 7.97. The standard InChI is InChI=1S/C19H26N2O/c1-3-22-19-11-9-18(10-12-19)21(14-6-13-20)15-17-8-5-4-7-16(17)2/h4-5,7-12H,3,6,13-15,20H2,1-2H3. The average Bonchev–Trinajstić information content (AvgIpc) is 2.54. The number of benzene rings is 2. The predicted molar refractivity (Wildman–Crippen MR) is 93.5 cm³/mol. The normalized spacial score (nSPS) is 10.5. The second-order valence-electron chi connectivity index (χ2n) is 5.42. The molecule has 22 heavy (non-hydrogen) atoms. The highest BCUT2D eigenvalue weighted by Gasteiger charge is 2.09. The van der Waals surface area contributed by atoms with Crippen LogP contribution in [0.3, 0.4) is 0 Å². The van der Waals surface area contributed by atoms with E-state index >= 15 is 0 Å². The Hall–Kier alpha value is -2.00. The minimum Gasteiger partial charge on any atom is -0.494 e. The molecule has 2 aromatic carbocycles. The Kier molecular flexibility index (Phi) is 6.28. The van der Waals surface area contributed by atoms with Gasteiger partial charge in [-0.25, -0.2) is 0 Å². The maximum Gasteiger partial charge on any atom is 0.119 e. The van der Waals surface area contributed by atoms with Crippen molar-refractivity contribution in [3.05, 3.63) is 59.7 Å². The molecule has 0 amide bonds. The second-order valence-corrected chi connectivity index (χ2v) is 5.42. The van der Waals surface area contributed by atoms with Crippen LogP contribution >= 0.6 is 0 Å². The van der Waals surface area contributed by atoms with E-state index in [0.29, 0.717) is 13.2 Å². The Morgan fingerprint density at radius 3 is 2.41 bits per heavy atom. The fourth-order valence-electron chi connectivity index (χ4n) is 2.49. The molecule has 0 bridgehead atoms. The van der Waals surface area contributed by atoms with Crippen molar-refractivity contribution in [2.75, 3.05) is 24.6 Å². The Morgan fingerprint density at radius 2 is 1.77 bits per heavy atom. The molecule has 0 unspecified atom stereocenters. The van der Waals surface area contributed by atoms with Gasteiger partial charge in [-0.1, -0.05) is 24.3 Å². The molecule has 0 aliphatic carbocycles. The third kappa shape index (κ3) is 4.50. The molecule has 2 rings (SSSR count). The van der Waals surface area contributed by atoms with Crippen molar-refractivity contribution in [3.63, 3.8) is 0 Å². The lowest BCUT2D eigenvalue weighted by atomic mass is 10.1. The highest BCUT2D eigenvalue weighted by atomic mass is 16.5. The summed E-state index contributed by atoms with van der Waals surface area (Å²) in [5.41, 5.74) is 9.58. The Balaban J connectivity index is 2.16. The number of hydrogen-bond donors (Lipinski definition) is 1. The van der Waals surface area contributed by atoms with Crippen LogP contribution in [0.25, 0.3) is 0 Å². The van der Waals surface area contributed by atoms with Gasteiger partial charge in [0.2, 0.25) is 0 Å². The Bertz CT molecular complexity index is 566. The van der Waals surface area contributed by atoms with Crippen molar-refractivity contribution >= 4 is 5.69 Å². The van der Waals surface area contributed by atoms with Gasteiger partial charge in [-0.2, -0.15) is 0 Å². The lowest BCUT2D eigenvalue weighted by molar-refractivity contribution is 0.340. The third-order valence-corrected chi connectivity index (χ3v) is 3.77. The topological polar surface area (TPSA) is 38.5 Å². The van der Waals surface area contributed by atoms with Crippen LogP contribution in [0, 0.1) is 6.92 Å². The molecule has 0 saturated carbocycles. The van der Waals surface area contributed by atoms with Gasteiger partial charge in [0.25, 0.3) is 0 Å². The van der Waals surface area contributed by atoms with Crippen molar-refractivity contribution < 1.29 is 4.74 Å². The fourth-order valence-corrected chi connectivity index (χ4v) is 2.49. The largest absolute Gasteiger partial charge is 0.494 e. The lowest BCUT2D eigenvalue weighted by Gasteiger charge is -2.26. The zero-order chi connectivity index (χ0) is 15.8. The molecule has 0 atom stereocenters. The molecule has 2 N–H and O–H groups in total. The van der Waals surface area contributed by atoms with Crippen molar-refractivity contribution in [1.29, 1.82) is 0 Å². The van der Waals surface area contributed by atoms with Crippen LogP contribution < -0.4 is 15.4 Å². The van der Waals surface area contributed by atoms with E-state index in [9.17, 15) is 0 Å². The summed E-state index contributed by atoms with van der Waals surface area (Å²) in [6.07, 6.45) is 0.985. The number of nitrogens with two attached hydrogens (primary N) is 1. The Labute approximate surface area is 133 Å². The van der Waals surface area contributed by atoms with Gasteiger partial charge in [-0.3, -0.25) is 0 Å². The molecule has 3 heteroatoms. The van der Waals surface area contributed by atoms with E-state index in [4.69, 9.17) is 10.5 Å². The molecule has 0 saturated heterocycles. The van der Waals surface area contributed by atoms with Gasteiger partial charge >= 0.3 is 0 Å². The first-order chi connectivity index (χ1) is 10.7. The van der Waals surface area contributed by atoms with E-state index in [-0.39, 0.29) is 0 Å². The highest BCUT2D eigenvalue weighted by molar-refractivity contribution is 5.50. The molecular formula is C19H26N2O. The smallest absolute Gasteiger partial charge is 0.119 e. The summed E-state index contributed by atoms with van der Waals surface area (Å²) in [5, 5.41) is 0. The predicted octanol–water partition coefficient (Wildman–Crippen LogP) is 3.75. The van der Waals surface area contributed by atoms with E-state index in [1.54, 1.807) is 0 Å². The van der Waals surface area contributed by atoms with Crippen LogP contribution in [0.1, 0.15) is 24.5 Å². The van der Waals surface area contributed by atoms with E-state index in [1.807, 2.05) is 19.1 Å². The first-order valence-corrected chi connectivity index (χ1v) is 7.97. The molecule has 0 aliphatic heterocycles. The molecule has 0 aliphatic rings. The second kappa shape index (κ2) is 8.44. The molecule has 0 aromatic heterocycles. The lowest BCUT2D eigenvalue weighted by Crippen LogP contribution is -2.26. The minimum atomic E-state index is 0.694. The maximum absolute atomic E-state index is 5.70. The average molecular weight is 298 g/mol. The molecule has 0 fully saturated rings. The molecule has 0 spiro atoms. The SMILES string of the molecule is CCOc1ccc(N(CCCN)Cc2ccccc2C)cc1. The van der Waals surface area contributed by atoms with Gasteiger partial charge in [-0.05, 0) is 62.2 Å². The third-order valence-electron chi connectivity index (χ3n) is 3.77. The monoisotopic (exact) mass is 298 g/mol. The molecule has 2 aromatic rings. The Morgan fingerprint density at radius 1 is 1.05 bits per heavy atom. The van der Waals surface area contributed by atoms with Gasteiger partial charge in [0.15, 0.2) is 0 Å². The van der Waals surface area contributed by atoms with Crippen molar-refractivity contribution in [2.24, 2.45) is 5.73 Å². The maximum atomic E-state index is 5.70. The zero-order valence-electron chi connectivity index (χ0n) is 13.6. The van der Waals surface area contributed by atoms with E-state index in [0.717, 1.165) is 25.3 Å². The number of ether oxygens (including phenoxy) is 1. The van der Waals surface area contributed by atoms with Gasteiger partial charge in [0, 0.05) is 18.8 Å². The molecule has 118 valence electrons. The molecule has 3 nitrogen and oxygen atoms in total. The summed E-state index contributed by atoms with van der Waals surface area (Å²) >= 11 is 0. The van der Waals surface area contributed by atoms with Crippen molar-refractivity contribution in [1.82, 2.24) is 0 Å². The first kappa shape index (κ1) is 16.4. The number of anilines is 1. The number of aryl methyl sites for hydroxylation is 1. The van der Waals surface area contributed by atoms with Crippen LogP contribution in [0.4, 0.5) is 5.69 Å². The number of rotatable bonds is 8. The van der Waals surface area contributed by atoms with E-state index in [1.165, 1.54) is 16.8 Å². The van der Waals surface area contributed by atoms with Crippen LogP contribution in [-0.2, 0) is 6.54 Å². The van der Waals surface area contributed by atoms with Gasteiger partial charge < -0.3 is 15.4 Å². The fraction of sp³-hybridized carbons (Fsp3) is 0.368. The van der Waals surface area contributed by atoms with Crippen LogP contribution in [0.5, 0.6) is 5.75 Å². The summed E-state index contributed by atoms with van der Waals surface area (Å²) in [4.78, 5) is 2.38. The van der Waals surface area contributed by atoms with Gasteiger partial charge in [-0.15, -0.1) is 0 Å². The summed E-state index contributed by atoms with van der Waals surface area (Å²) in [7, 11) is 0. The van der Waals surface area contributed by atoms with Crippen LogP contribution in [0.15, 0.2) is 48.5 Å². The van der Waals surface area contributed by atoms with Gasteiger partial charge in [0.1, 0.15) is 5.75 Å². The highest BCUT2D eigenvalue weighted by Crippen LogP contribution is 2.22. The quantitative estimate of drug-likeness (QED) is 0.806. The summed E-state index contributed by atoms with van der Waals surface area (Å²) in [6, 6.07) is 16.9. The summed E-state index contributed by atoms with van der Waals surface area (Å²) < 4.78 is 5.52. The minimum absolute atomic E-state index is 0.694. The van der Waals surface area contributed by atoms with Crippen molar-refractivity contribution in [3.8, 4) is 5.75 Å². The molecular weight excluding hydrogens is 272 g/mol. The van der Waals surface area contributed by atoms with Crippen LogP contribution in [0.2, 0.25) is 0 Å². The molecule has 0 radical (unpaired) electrons. The number of nitrogens with zero attached hydrogens (tertiary/aromatic N) is 1. The number of hydrogen-bond acceptors (Lipinski definition) is 3. The van der Waals surface area contributed by atoms with Crippen LogP contribution in [-0.4, -0.2) is 19.7 Å².